The topological polar surface area (TPSA) is 63.2 Å². The van der Waals surface area contributed by atoms with E-state index in [1.807, 2.05) is 0 Å². The highest BCUT2D eigenvalue weighted by atomic mass is 19.4. The van der Waals surface area contributed by atoms with Crippen LogP contribution in [0.15, 0.2) is 42.6 Å². The van der Waals surface area contributed by atoms with Crippen molar-refractivity contribution in [3.05, 3.63) is 53.7 Å². The zero-order chi connectivity index (χ0) is 19.4. The Morgan fingerprint density at radius 1 is 1.22 bits per heavy atom. The van der Waals surface area contributed by atoms with E-state index < -0.39 is 11.7 Å². The first-order chi connectivity index (χ1) is 12.8. The highest BCUT2D eigenvalue weighted by Gasteiger charge is 2.30. The first-order valence-electron chi connectivity index (χ1n) is 8.65. The van der Waals surface area contributed by atoms with Gasteiger partial charge in [0.15, 0.2) is 0 Å². The lowest BCUT2D eigenvalue weighted by Crippen LogP contribution is -2.48. The number of ether oxygens (including phenoxy) is 1. The summed E-state index contributed by atoms with van der Waals surface area (Å²) in [5, 5.41) is 6.32. The van der Waals surface area contributed by atoms with Gasteiger partial charge in [0.05, 0.1) is 5.56 Å². The fourth-order valence-corrected chi connectivity index (χ4v) is 2.88. The van der Waals surface area contributed by atoms with Crippen LogP contribution in [0.2, 0.25) is 0 Å². The summed E-state index contributed by atoms with van der Waals surface area (Å²) in [6.45, 7) is 3.84. The Morgan fingerprint density at radius 2 is 1.96 bits per heavy atom. The highest BCUT2D eigenvalue weighted by Crippen LogP contribution is 2.30. The van der Waals surface area contributed by atoms with Gasteiger partial charge in [-0.05, 0) is 55.8 Å². The smallest absolute Gasteiger partial charge is 0.417 e. The quantitative estimate of drug-likeness (QED) is 0.852. The number of nitrogens with zero attached hydrogens (tertiary/aromatic N) is 1. The number of aromatic nitrogens is 1. The number of hydrogen-bond acceptors (Lipinski definition) is 4. The molecule has 2 heterocycles. The molecule has 144 valence electrons. The summed E-state index contributed by atoms with van der Waals surface area (Å²) in [5.41, 5.74) is -0.345. The number of carbonyl (C=O) groups is 1. The molecular formula is C19H20F3N3O2. The molecule has 1 aromatic carbocycles. The molecule has 8 heteroatoms. The zero-order valence-corrected chi connectivity index (χ0v) is 14.7. The Kier molecular flexibility index (Phi) is 5.65. The average molecular weight is 379 g/mol. The minimum atomic E-state index is -4.44. The predicted octanol–water partition coefficient (Wildman–Crippen LogP) is 3.62. The van der Waals surface area contributed by atoms with E-state index in [1.165, 1.54) is 0 Å². The Hall–Kier alpha value is -2.61. The van der Waals surface area contributed by atoms with E-state index in [9.17, 15) is 18.0 Å². The number of amides is 1. The second kappa shape index (κ2) is 7.96. The second-order valence-electron chi connectivity index (χ2n) is 6.56. The molecule has 0 spiro atoms. The van der Waals surface area contributed by atoms with Crippen molar-refractivity contribution in [2.45, 2.75) is 25.6 Å². The molecular weight excluding hydrogens is 359 g/mol. The van der Waals surface area contributed by atoms with Crippen LogP contribution in [0, 0.1) is 5.92 Å². The molecule has 0 saturated carbocycles. The molecule has 0 radical (unpaired) electrons. The lowest BCUT2D eigenvalue weighted by molar-refractivity contribution is -0.137. The predicted molar refractivity (Wildman–Crippen MR) is 93.7 cm³/mol. The van der Waals surface area contributed by atoms with E-state index in [2.05, 4.69) is 22.5 Å². The SMILES string of the molecule is CC1CNCCC1NC(=O)c1ccc(Oc2ccc(C(F)(F)F)cn2)cc1. The van der Waals surface area contributed by atoms with Crippen molar-refractivity contribution in [2.75, 3.05) is 13.1 Å². The van der Waals surface area contributed by atoms with Crippen LogP contribution < -0.4 is 15.4 Å². The van der Waals surface area contributed by atoms with Crippen LogP contribution in [0.3, 0.4) is 0 Å². The molecule has 2 atom stereocenters. The molecule has 2 aromatic rings. The van der Waals surface area contributed by atoms with Gasteiger partial charge in [-0.25, -0.2) is 4.98 Å². The maximum absolute atomic E-state index is 12.5. The van der Waals surface area contributed by atoms with Crippen molar-refractivity contribution < 1.29 is 22.7 Å². The van der Waals surface area contributed by atoms with Crippen molar-refractivity contribution in [2.24, 2.45) is 5.92 Å². The number of rotatable bonds is 4. The second-order valence-corrected chi connectivity index (χ2v) is 6.56. The van der Waals surface area contributed by atoms with Gasteiger partial charge in [-0.3, -0.25) is 4.79 Å². The highest BCUT2D eigenvalue weighted by molar-refractivity contribution is 5.94. The molecule has 3 rings (SSSR count). The fourth-order valence-electron chi connectivity index (χ4n) is 2.88. The molecule has 0 bridgehead atoms. The van der Waals surface area contributed by atoms with Gasteiger partial charge in [0.25, 0.3) is 5.91 Å². The van der Waals surface area contributed by atoms with Crippen LogP contribution in [-0.4, -0.2) is 30.0 Å². The number of halogens is 3. The summed E-state index contributed by atoms with van der Waals surface area (Å²) in [7, 11) is 0. The Morgan fingerprint density at radius 3 is 2.56 bits per heavy atom. The molecule has 1 aliphatic rings. The van der Waals surface area contributed by atoms with Crippen molar-refractivity contribution in [1.29, 1.82) is 0 Å². The lowest BCUT2D eigenvalue weighted by atomic mass is 9.95. The molecule has 2 unspecified atom stereocenters. The number of nitrogens with one attached hydrogen (secondary N) is 2. The molecule has 2 N–H and O–H groups in total. The van der Waals surface area contributed by atoms with Crippen LogP contribution in [0.1, 0.15) is 29.3 Å². The monoisotopic (exact) mass is 379 g/mol. The third kappa shape index (κ3) is 4.97. The third-order valence-electron chi connectivity index (χ3n) is 4.50. The van der Waals surface area contributed by atoms with Crippen molar-refractivity contribution >= 4 is 5.91 Å². The molecule has 1 amide bonds. The zero-order valence-electron chi connectivity index (χ0n) is 14.7. The van der Waals surface area contributed by atoms with Crippen LogP contribution in [-0.2, 0) is 6.18 Å². The molecule has 5 nitrogen and oxygen atoms in total. The third-order valence-corrected chi connectivity index (χ3v) is 4.50. The van der Waals surface area contributed by atoms with Gasteiger partial charge in [0, 0.05) is 23.9 Å². The Labute approximate surface area is 154 Å². The molecule has 1 aliphatic heterocycles. The van der Waals surface area contributed by atoms with Crippen LogP contribution in [0.5, 0.6) is 11.6 Å². The number of carbonyl (C=O) groups excluding carboxylic acids is 1. The summed E-state index contributed by atoms with van der Waals surface area (Å²) >= 11 is 0. The lowest BCUT2D eigenvalue weighted by Gasteiger charge is -2.30. The van der Waals surface area contributed by atoms with E-state index in [4.69, 9.17) is 4.74 Å². The van der Waals surface area contributed by atoms with Crippen LogP contribution in [0.4, 0.5) is 13.2 Å². The molecule has 27 heavy (non-hydrogen) atoms. The van der Waals surface area contributed by atoms with Gasteiger partial charge in [-0.2, -0.15) is 13.2 Å². The van der Waals surface area contributed by atoms with Gasteiger partial charge in [0.1, 0.15) is 5.75 Å². The van der Waals surface area contributed by atoms with Gasteiger partial charge < -0.3 is 15.4 Å². The maximum atomic E-state index is 12.5. The van der Waals surface area contributed by atoms with E-state index >= 15 is 0 Å². The number of piperidine rings is 1. The van der Waals surface area contributed by atoms with E-state index in [-0.39, 0.29) is 17.8 Å². The largest absolute Gasteiger partial charge is 0.439 e. The normalized spacial score (nSPS) is 20.1. The number of alkyl halides is 3. The number of pyridine rings is 1. The minimum absolute atomic E-state index is 0.0451. The molecule has 1 aromatic heterocycles. The summed E-state index contributed by atoms with van der Waals surface area (Å²) in [6.07, 6.45) is -2.84. The van der Waals surface area contributed by atoms with Gasteiger partial charge >= 0.3 is 6.18 Å². The maximum Gasteiger partial charge on any atom is 0.417 e. The van der Waals surface area contributed by atoms with E-state index in [1.54, 1.807) is 24.3 Å². The number of hydrogen-bond donors (Lipinski definition) is 2. The molecule has 1 saturated heterocycles. The van der Waals surface area contributed by atoms with Crippen molar-refractivity contribution in [3.63, 3.8) is 0 Å². The molecule has 0 aliphatic carbocycles. The average Bonchev–Trinajstić information content (AvgIpc) is 2.64. The summed E-state index contributed by atoms with van der Waals surface area (Å²) in [6, 6.07) is 8.58. The summed E-state index contributed by atoms with van der Waals surface area (Å²) < 4.78 is 43.0. The van der Waals surface area contributed by atoms with Crippen LogP contribution in [0.25, 0.3) is 0 Å². The molecule has 1 fully saturated rings. The minimum Gasteiger partial charge on any atom is -0.439 e. The first kappa shape index (κ1) is 19.2. The van der Waals surface area contributed by atoms with Gasteiger partial charge in [-0.15, -0.1) is 0 Å². The van der Waals surface area contributed by atoms with Crippen molar-refractivity contribution in [1.82, 2.24) is 15.6 Å². The van der Waals surface area contributed by atoms with Gasteiger partial charge in [-0.1, -0.05) is 6.92 Å². The standard InChI is InChI=1S/C19H20F3N3O2/c1-12-10-23-9-8-16(12)25-18(26)13-2-5-15(6-3-13)27-17-7-4-14(11-24-17)19(20,21)22/h2-7,11-12,16,23H,8-10H2,1H3,(H,25,26). The van der Waals surface area contributed by atoms with Crippen LogP contribution >= 0.6 is 0 Å². The summed E-state index contributed by atoms with van der Waals surface area (Å²) in [4.78, 5) is 16.0. The van der Waals surface area contributed by atoms with Crippen molar-refractivity contribution in [3.8, 4) is 11.6 Å². The number of benzene rings is 1. The van der Waals surface area contributed by atoms with E-state index in [0.717, 1.165) is 37.8 Å². The summed E-state index contributed by atoms with van der Waals surface area (Å²) in [5.74, 6) is 0.627. The van der Waals surface area contributed by atoms with Gasteiger partial charge in [0.2, 0.25) is 5.88 Å². The fraction of sp³-hybridized carbons (Fsp3) is 0.368. The first-order valence-corrected chi connectivity index (χ1v) is 8.65. The van der Waals surface area contributed by atoms with E-state index in [0.29, 0.717) is 17.2 Å². The Balaban J connectivity index is 1.60. The Bertz CT molecular complexity index is 776.